The molecule has 0 fully saturated rings. The van der Waals surface area contributed by atoms with Crippen LogP contribution in [0.2, 0.25) is 0 Å². The van der Waals surface area contributed by atoms with Gasteiger partial charge in [-0.05, 0) is 0 Å². The fourth-order valence-electron chi connectivity index (χ4n) is 0.217. The van der Waals surface area contributed by atoms with E-state index in [1.807, 2.05) is 0 Å². The van der Waals surface area contributed by atoms with Crippen molar-refractivity contribution in [2.24, 2.45) is 0 Å². The molecule has 1 radical (unpaired) electrons. The molecule has 2 N–H and O–H groups in total. The molecule has 4 heteroatoms. The molecule has 0 aliphatic carbocycles. The van der Waals surface area contributed by atoms with E-state index in [0.717, 1.165) is 0 Å². The molecule has 0 aromatic rings. The van der Waals surface area contributed by atoms with E-state index in [9.17, 15) is 4.79 Å². The largest absolute Gasteiger partial charge is 0.667 e. The van der Waals surface area contributed by atoms with E-state index in [4.69, 9.17) is 5.73 Å². The molecule has 1 amide bonds. The average Bonchev–Trinajstić information content (AvgIpc) is 1.65. The summed E-state index contributed by atoms with van der Waals surface area (Å²) in [5.74, 6) is -0.236. The fraction of sp³-hybridized carbons (Fsp3) is 0.750. The van der Waals surface area contributed by atoms with E-state index in [2.05, 4.69) is 5.32 Å². The Balaban J connectivity index is 0. The molecule has 0 aromatic heterocycles. The molecule has 0 aliphatic heterocycles. The van der Waals surface area contributed by atoms with Gasteiger partial charge >= 0.3 is 0 Å². The Morgan fingerprint density at radius 2 is 2.12 bits per heavy atom. The summed E-state index contributed by atoms with van der Waals surface area (Å²) in [6.07, 6.45) is 0. The number of hydrogen-bond donors (Lipinski definition) is 1. The van der Waals surface area contributed by atoms with Gasteiger partial charge < -0.3 is 11.1 Å². The SMILES string of the molecule is CNC(=O)C(C)[NH-].[Y]. The second-order valence-corrected chi connectivity index (χ2v) is 1.34. The minimum Gasteiger partial charge on any atom is -0.667 e. The fourth-order valence-corrected chi connectivity index (χ4v) is 0.217. The van der Waals surface area contributed by atoms with Gasteiger partial charge in [0.15, 0.2) is 0 Å². The molecule has 0 spiro atoms. The van der Waals surface area contributed by atoms with Crippen molar-refractivity contribution in [1.82, 2.24) is 5.32 Å². The zero-order chi connectivity index (χ0) is 5.86. The number of carbonyl (C=O) groups is 1. The van der Waals surface area contributed by atoms with Crippen LogP contribution in [-0.4, -0.2) is 19.0 Å². The van der Waals surface area contributed by atoms with Crippen molar-refractivity contribution in [1.29, 1.82) is 0 Å². The zero-order valence-corrected chi connectivity index (χ0v) is 7.90. The van der Waals surface area contributed by atoms with E-state index >= 15 is 0 Å². The molecule has 45 valence electrons. The zero-order valence-electron chi connectivity index (χ0n) is 5.06. The van der Waals surface area contributed by atoms with Crippen LogP contribution in [0.4, 0.5) is 0 Å². The first-order valence-electron chi connectivity index (χ1n) is 2.11. The van der Waals surface area contributed by atoms with E-state index < -0.39 is 6.04 Å². The summed E-state index contributed by atoms with van der Waals surface area (Å²) >= 11 is 0. The molecule has 0 heterocycles. The number of hydrogen-bond acceptors (Lipinski definition) is 1. The Bertz CT molecular complexity index is 74.4. The number of likely N-dealkylation sites (N-methyl/N-ethyl adjacent to an activating group) is 1. The number of rotatable bonds is 1. The molecule has 0 saturated carbocycles. The van der Waals surface area contributed by atoms with E-state index in [1.54, 1.807) is 0 Å². The molecule has 0 aromatic carbocycles. The van der Waals surface area contributed by atoms with Gasteiger partial charge in [-0.25, -0.2) is 0 Å². The first-order valence-corrected chi connectivity index (χ1v) is 2.11. The van der Waals surface area contributed by atoms with E-state index in [0.29, 0.717) is 0 Å². The molecule has 0 bridgehead atoms. The molecule has 0 rings (SSSR count). The van der Waals surface area contributed by atoms with Crippen molar-refractivity contribution in [2.45, 2.75) is 13.0 Å². The van der Waals surface area contributed by atoms with Crippen LogP contribution in [-0.2, 0) is 37.5 Å². The normalized spacial score (nSPS) is 11.4. The maximum absolute atomic E-state index is 10.2. The first-order chi connectivity index (χ1) is 3.18. The standard InChI is InChI=1S/C4H9N2O.Y/c1-3(5)4(7)6-2;/h3,5H,1-2H3,(H,6,7);/q-1;. The number of carbonyl (C=O) groups excluding carboxylic acids is 1. The van der Waals surface area contributed by atoms with Crippen LogP contribution < -0.4 is 5.32 Å². The molecule has 3 nitrogen and oxygen atoms in total. The Morgan fingerprint density at radius 3 is 2.12 bits per heavy atom. The van der Waals surface area contributed by atoms with Crippen LogP contribution >= 0.6 is 0 Å². The summed E-state index contributed by atoms with van der Waals surface area (Å²) in [6, 6.07) is -0.634. The van der Waals surface area contributed by atoms with Gasteiger partial charge in [0, 0.05) is 39.8 Å². The van der Waals surface area contributed by atoms with E-state index in [-0.39, 0.29) is 38.6 Å². The van der Waals surface area contributed by atoms with Crippen molar-refractivity contribution in [3.05, 3.63) is 5.73 Å². The smallest absolute Gasteiger partial charge is 0.201 e. The van der Waals surface area contributed by atoms with Gasteiger partial charge in [-0.2, -0.15) is 0 Å². The predicted octanol–water partition coefficient (Wildman–Crippen LogP) is 0.171. The van der Waals surface area contributed by atoms with Crippen molar-refractivity contribution >= 4 is 5.91 Å². The van der Waals surface area contributed by atoms with Gasteiger partial charge in [-0.3, -0.25) is 4.79 Å². The van der Waals surface area contributed by atoms with Gasteiger partial charge in [0.25, 0.3) is 0 Å². The summed E-state index contributed by atoms with van der Waals surface area (Å²) < 4.78 is 0. The minimum atomic E-state index is -0.634. The summed E-state index contributed by atoms with van der Waals surface area (Å²) in [5, 5.41) is 2.34. The molecule has 1 unspecified atom stereocenters. The first kappa shape index (κ1) is 11.3. The number of amides is 1. The molecule has 0 aliphatic rings. The van der Waals surface area contributed by atoms with Gasteiger partial charge in [0.05, 0.1) is 0 Å². The Morgan fingerprint density at radius 1 is 1.75 bits per heavy atom. The predicted molar refractivity (Wildman–Crippen MR) is 27.9 cm³/mol. The van der Waals surface area contributed by atoms with Crippen molar-refractivity contribution < 1.29 is 37.5 Å². The number of nitrogens with one attached hydrogen (secondary N) is 2. The van der Waals surface area contributed by atoms with Crippen LogP contribution in [0.25, 0.3) is 5.73 Å². The Hall–Kier alpha value is 0.534. The minimum absolute atomic E-state index is 0. The average molecular weight is 190 g/mol. The van der Waals surface area contributed by atoms with Crippen LogP contribution in [0.3, 0.4) is 0 Å². The quantitative estimate of drug-likeness (QED) is 0.629. The second-order valence-electron chi connectivity index (χ2n) is 1.34. The summed E-state index contributed by atoms with van der Waals surface area (Å²) in [5.41, 5.74) is 6.77. The van der Waals surface area contributed by atoms with Crippen LogP contribution in [0.5, 0.6) is 0 Å². The second kappa shape index (κ2) is 5.67. The molecular weight excluding hydrogens is 181 g/mol. The van der Waals surface area contributed by atoms with Crippen molar-refractivity contribution in [2.75, 3.05) is 7.05 Å². The van der Waals surface area contributed by atoms with Crippen LogP contribution in [0.1, 0.15) is 6.92 Å². The third-order valence-electron chi connectivity index (χ3n) is 0.640. The monoisotopic (exact) mass is 190 g/mol. The maximum atomic E-state index is 10.2. The van der Waals surface area contributed by atoms with Crippen LogP contribution in [0.15, 0.2) is 0 Å². The molecular formula is C4H9N2OY-. The van der Waals surface area contributed by atoms with Gasteiger partial charge in [-0.1, -0.05) is 13.0 Å². The third-order valence-corrected chi connectivity index (χ3v) is 0.640. The Kier molecular flexibility index (Phi) is 8.04. The maximum Gasteiger partial charge on any atom is 0.201 e. The molecule has 8 heavy (non-hydrogen) atoms. The summed E-state index contributed by atoms with van der Waals surface area (Å²) in [6.45, 7) is 1.53. The van der Waals surface area contributed by atoms with Crippen molar-refractivity contribution in [3.63, 3.8) is 0 Å². The third kappa shape index (κ3) is 4.69. The summed E-state index contributed by atoms with van der Waals surface area (Å²) in [7, 11) is 1.52. The van der Waals surface area contributed by atoms with Crippen molar-refractivity contribution in [3.8, 4) is 0 Å². The van der Waals surface area contributed by atoms with Crippen LogP contribution in [0, 0.1) is 0 Å². The van der Waals surface area contributed by atoms with Gasteiger partial charge in [0.1, 0.15) is 0 Å². The topological polar surface area (TPSA) is 52.9 Å². The Labute approximate surface area is 74.3 Å². The summed E-state index contributed by atoms with van der Waals surface area (Å²) in [4.78, 5) is 10.2. The van der Waals surface area contributed by atoms with E-state index in [1.165, 1.54) is 14.0 Å². The van der Waals surface area contributed by atoms with Gasteiger partial charge in [-0.15, -0.1) is 0 Å². The molecule has 1 atom stereocenters. The van der Waals surface area contributed by atoms with Gasteiger partial charge in [0.2, 0.25) is 5.91 Å². The molecule has 0 saturated heterocycles.